The van der Waals surface area contributed by atoms with E-state index in [4.69, 9.17) is 23.2 Å². The molecule has 1 heterocycles. The minimum atomic E-state index is -3.59. The number of halogens is 2. The van der Waals surface area contributed by atoms with Crippen LogP contribution in [0.5, 0.6) is 0 Å². The predicted molar refractivity (Wildman–Crippen MR) is 97.6 cm³/mol. The van der Waals surface area contributed by atoms with Gasteiger partial charge in [0.25, 0.3) is 5.91 Å². The van der Waals surface area contributed by atoms with Crippen molar-refractivity contribution >= 4 is 39.1 Å². The van der Waals surface area contributed by atoms with Gasteiger partial charge in [0.1, 0.15) is 0 Å². The van der Waals surface area contributed by atoms with Crippen molar-refractivity contribution in [3.05, 3.63) is 64.1 Å². The summed E-state index contributed by atoms with van der Waals surface area (Å²) in [5.74, 6) is -0.186. The molecule has 0 N–H and O–H groups in total. The Morgan fingerprint density at radius 1 is 0.880 bits per heavy atom. The third-order valence-electron chi connectivity index (χ3n) is 4.08. The van der Waals surface area contributed by atoms with Gasteiger partial charge in [-0.2, -0.15) is 4.31 Å². The van der Waals surface area contributed by atoms with Gasteiger partial charge in [-0.15, -0.1) is 0 Å². The van der Waals surface area contributed by atoms with E-state index in [0.717, 1.165) is 0 Å². The second kappa shape index (κ2) is 7.33. The maximum Gasteiger partial charge on any atom is 0.255 e. The van der Waals surface area contributed by atoms with Crippen LogP contribution < -0.4 is 0 Å². The smallest absolute Gasteiger partial charge is 0.255 e. The molecule has 132 valence electrons. The van der Waals surface area contributed by atoms with E-state index in [1.165, 1.54) is 16.4 Å². The van der Waals surface area contributed by atoms with Gasteiger partial charge in [0.05, 0.1) is 15.5 Å². The van der Waals surface area contributed by atoms with Gasteiger partial charge in [-0.05, 0) is 36.4 Å². The molecule has 0 aliphatic carbocycles. The van der Waals surface area contributed by atoms with Crippen LogP contribution in [-0.2, 0) is 10.0 Å². The molecule has 0 unspecified atom stereocenters. The van der Waals surface area contributed by atoms with Crippen LogP contribution in [0.2, 0.25) is 10.0 Å². The fraction of sp³-hybridized carbons (Fsp3) is 0.235. The summed E-state index contributed by atoms with van der Waals surface area (Å²) in [6, 6.07) is 12.9. The molecular weight excluding hydrogens is 383 g/mol. The fourth-order valence-corrected chi connectivity index (χ4v) is 4.46. The maximum absolute atomic E-state index is 12.7. The molecule has 0 atom stereocenters. The molecule has 0 spiro atoms. The number of amides is 1. The van der Waals surface area contributed by atoms with Crippen molar-refractivity contribution in [2.75, 3.05) is 26.2 Å². The molecule has 0 bridgehead atoms. The van der Waals surface area contributed by atoms with Gasteiger partial charge in [0, 0.05) is 31.2 Å². The molecule has 2 aromatic carbocycles. The van der Waals surface area contributed by atoms with Crippen LogP contribution in [0.1, 0.15) is 10.4 Å². The molecule has 3 rings (SSSR count). The van der Waals surface area contributed by atoms with Gasteiger partial charge in [-0.3, -0.25) is 4.79 Å². The van der Waals surface area contributed by atoms with E-state index in [2.05, 4.69) is 0 Å². The zero-order valence-corrected chi connectivity index (χ0v) is 15.6. The first-order chi connectivity index (χ1) is 11.9. The van der Waals surface area contributed by atoms with Gasteiger partial charge in [0.2, 0.25) is 10.0 Å². The molecule has 1 amide bonds. The average Bonchev–Trinajstić information content (AvgIpc) is 2.62. The Morgan fingerprint density at radius 3 is 2.08 bits per heavy atom. The Bertz CT molecular complexity index is 877. The lowest BCUT2D eigenvalue weighted by Gasteiger charge is -2.34. The first-order valence-corrected chi connectivity index (χ1v) is 9.89. The lowest BCUT2D eigenvalue weighted by atomic mass is 10.2. The number of carbonyl (C=O) groups is 1. The van der Waals surface area contributed by atoms with E-state index in [9.17, 15) is 13.2 Å². The van der Waals surface area contributed by atoms with E-state index in [1.54, 1.807) is 41.3 Å². The molecule has 1 saturated heterocycles. The summed E-state index contributed by atoms with van der Waals surface area (Å²) >= 11 is 11.9. The van der Waals surface area contributed by atoms with Crippen molar-refractivity contribution in [1.82, 2.24) is 9.21 Å². The number of carbonyl (C=O) groups excluding carboxylic acids is 1. The van der Waals surface area contributed by atoms with E-state index < -0.39 is 10.0 Å². The number of piperazine rings is 1. The van der Waals surface area contributed by atoms with Crippen LogP contribution >= 0.6 is 23.2 Å². The van der Waals surface area contributed by atoms with E-state index in [0.29, 0.717) is 28.7 Å². The summed E-state index contributed by atoms with van der Waals surface area (Å²) in [5.41, 5.74) is 0.429. The number of benzene rings is 2. The van der Waals surface area contributed by atoms with Gasteiger partial charge in [0.15, 0.2) is 0 Å². The molecule has 1 aliphatic rings. The molecule has 25 heavy (non-hydrogen) atoms. The minimum Gasteiger partial charge on any atom is -0.336 e. The molecule has 0 aromatic heterocycles. The first kappa shape index (κ1) is 18.2. The highest BCUT2D eigenvalue weighted by molar-refractivity contribution is 7.89. The van der Waals surface area contributed by atoms with E-state index in [-0.39, 0.29) is 23.9 Å². The highest BCUT2D eigenvalue weighted by atomic mass is 35.5. The Kier molecular flexibility index (Phi) is 5.34. The third-order valence-corrected chi connectivity index (χ3v) is 6.58. The van der Waals surface area contributed by atoms with Crippen molar-refractivity contribution in [2.24, 2.45) is 0 Å². The quantitative estimate of drug-likeness (QED) is 0.797. The summed E-state index contributed by atoms with van der Waals surface area (Å²) < 4.78 is 26.7. The van der Waals surface area contributed by atoms with Gasteiger partial charge < -0.3 is 4.90 Å². The van der Waals surface area contributed by atoms with Crippen LogP contribution in [-0.4, -0.2) is 49.7 Å². The number of rotatable bonds is 3. The minimum absolute atomic E-state index is 0.186. The summed E-state index contributed by atoms with van der Waals surface area (Å²) in [4.78, 5) is 14.4. The SMILES string of the molecule is O=C(c1ccccc1Cl)N1CCN(S(=O)(=O)c2ccc(Cl)cc2)CC1. The standard InChI is InChI=1S/C17H16Cl2N2O3S/c18-13-5-7-14(8-6-13)25(23,24)21-11-9-20(10-12-21)17(22)15-3-1-2-4-16(15)19/h1-8H,9-12H2. The fourth-order valence-electron chi connectivity index (χ4n) is 2.69. The molecule has 2 aromatic rings. The third kappa shape index (κ3) is 3.82. The highest BCUT2D eigenvalue weighted by Crippen LogP contribution is 2.22. The Morgan fingerprint density at radius 2 is 1.48 bits per heavy atom. The normalized spacial score (nSPS) is 16.0. The second-order valence-corrected chi connectivity index (χ2v) is 8.41. The summed E-state index contributed by atoms with van der Waals surface area (Å²) in [7, 11) is -3.59. The molecule has 0 saturated carbocycles. The van der Waals surface area contributed by atoms with E-state index in [1.807, 2.05) is 0 Å². The molecule has 8 heteroatoms. The molecular formula is C17H16Cl2N2O3S. The Balaban J connectivity index is 1.70. The van der Waals surface area contributed by atoms with Gasteiger partial charge in [-0.25, -0.2) is 8.42 Å². The zero-order chi connectivity index (χ0) is 18.0. The largest absolute Gasteiger partial charge is 0.336 e. The van der Waals surface area contributed by atoms with Crippen LogP contribution in [0.4, 0.5) is 0 Å². The monoisotopic (exact) mass is 398 g/mol. The first-order valence-electron chi connectivity index (χ1n) is 7.69. The van der Waals surface area contributed by atoms with Crippen LogP contribution in [0, 0.1) is 0 Å². The zero-order valence-electron chi connectivity index (χ0n) is 13.2. The topological polar surface area (TPSA) is 57.7 Å². The predicted octanol–water partition coefficient (Wildman–Crippen LogP) is 3.14. The summed E-state index contributed by atoms with van der Waals surface area (Å²) in [5, 5.41) is 0.873. The highest BCUT2D eigenvalue weighted by Gasteiger charge is 2.30. The van der Waals surface area contributed by atoms with Gasteiger partial charge in [-0.1, -0.05) is 35.3 Å². The lowest BCUT2D eigenvalue weighted by Crippen LogP contribution is -2.50. The number of hydrogen-bond donors (Lipinski definition) is 0. The van der Waals surface area contributed by atoms with Crippen LogP contribution in [0.3, 0.4) is 0 Å². The Labute approximate surface area is 156 Å². The van der Waals surface area contributed by atoms with Crippen molar-refractivity contribution < 1.29 is 13.2 Å². The average molecular weight is 399 g/mol. The van der Waals surface area contributed by atoms with Crippen molar-refractivity contribution in [1.29, 1.82) is 0 Å². The Hall–Kier alpha value is -1.60. The van der Waals surface area contributed by atoms with Crippen molar-refractivity contribution in [3.63, 3.8) is 0 Å². The number of nitrogens with zero attached hydrogens (tertiary/aromatic N) is 2. The van der Waals surface area contributed by atoms with Crippen LogP contribution in [0.15, 0.2) is 53.4 Å². The van der Waals surface area contributed by atoms with Crippen LogP contribution in [0.25, 0.3) is 0 Å². The van der Waals surface area contributed by atoms with Gasteiger partial charge >= 0.3 is 0 Å². The molecule has 0 radical (unpaired) electrons. The molecule has 1 fully saturated rings. The molecule has 1 aliphatic heterocycles. The number of sulfonamides is 1. The lowest BCUT2D eigenvalue weighted by molar-refractivity contribution is 0.0698. The van der Waals surface area contributed by atoms with E-state index >= 15 is 0 Å². The second-order valence-electron chi connectivity index (χ2n) is 5.63. The summed E-state index contributed by atoms with van der Waals surface area (Å²) in [6.45, 7) is 1.11. The number of hydrogen-bond acceptors (Lipinski definition) is 3. The summed E-state index contributed by atoms with van der Waals surface area (Å²) in [6.07, 6.45) is 0. The maximum atomic E-state index is 12.7. The van der Waals surface area contributed by atoms with Crippen molar-refractivity contribution in [3.8, 4) is 0 Å². The van der Waals surface area contributed by atoms with Crippen molar-refractivity contribution in [2.45, 2.75) is 4.90 Å². The molecule has 5 nitrogen and oxygen atoms in total.